The highest BCUT2D eigenvalue weighted by Gasteiger charge is 2.34. The molecule has 4 nitrogen and oxygen atoms in total. The first-order chi connectivity index (χ1) is 11.3. The average Bonchev–Trinajstić information content (AvgIpc) is 2.83. The molecule has 1 atom stereocenters. The summed E-state index contributed by atoms with van der Waals surface area (Å²) in [6.45, 7) is 8.88. The van der Waals surface area contributed by atoms with Crippen LogP contribution in [0.25, 0.3) is 0 Å². The SMILES string of the molecule is CCOC(=O)c1c(NC(=O)CCCl)sc2c1CC[C@@H](C(C)(C)C)C2. The van der Waals surface area contributed by atoms with Crippen LogP contribution in [0.1, 0.15) is 61.3 Å². The van der Waals surface area contributed by atoms with Crippen molar-refractivity contribution >= 4 is 39.8 Å². The molecular weight excluding hydrogens is 346 g/mol. The van der Waals surface area contributed by atoms with Crippen LogP contribution in [-0.2, 0) is 22.4 Å². The number of hydrogen-bond acceptors (Lipinski definition) is 4. The lowest BCUT2D eigenvalue weighted by molar-refractivity contribution is -0.115. The lowest BCUT2D eigenvalue weighted by atomic mass is 9.72. The first-order valence-corrected chi connectivity index (χ1v) is 9.80. The van der Waals surface area contributed by atoms with Gasteiger partial charge in [0.25, 0.3) is 0 Å². The van der Waals surface area contributed by atoms with E-state index in [9.17, 15) is 9.59 Å². The van der Waals surface area contributed by atoms with Crippen LogP contribution in [0.15, 0.2) is 0 Å². The van der Waals surface area contributed by atoms with E-state index in [1.807, 2.05) is 0 Å². The Labute approximate surface area is 152 Å². The van der Waals surface area contributed by atoms with Gasteiger partial charge in [0.2, 0.25) is 5.91 Å². The first kappa shape index (κ1) is 19.3. The minimum absolute atomic E-state index is 0.165. The molecule has 0 saturated heterocycles. The lowest BCUT2D eigenvalue weighted by Gasteiger charge is -2.33. The second-order valence-electron chi connectivity index (χ2n) is 7.22. The molecule has 1 aliphatic rings. The van der Waals surface area contributed by atoms with Gasteiger partial charge in [0, 0.05) is 17.2 Å². The maximum Gasteiger partial charge on any atom is 0.341 e. The number of alkyl halides is 1. The van der Waals surface area contributed by atoms with Crippen molar-refractivity contribution in [2.24, 2.45) is 11.3 Å². The number of fused-ring (bicyclic) bond motifs is 1. The molecule has 1 N–H and O–H groups in total. The fraction of sp³-hybridized carbons (Fsp3) is 0.667. The standard InChI is InChI=1S/C18H26ClNO3S/c1-5-23-17(22)15-12-7-6-11(18(2,3)4)10-13(12)24-16(15)20-14(21)8-9-19/h11H,5-10H2,1-4H3,(H,20,21)/t11-/m1/s1. The summed E-state index contributed by atoms with van der Waals surface area (Å²) in [7, 11) is 0. The molecule has 1 aliphatic carbocycles. The topological polar surface area (TPSA) is 55.4 Å². The number of carbonyl (C=O) groups excluding carboxylic acids is 2. The number of anilines is 1. The average molecular weight is 372 g/mol. The number of rotatable bonds is 5. The Bertz CT molecular complexity index is 619. The predicted molar refractivity (Wildman–Crippen MR) is 99.2 cm³/mol. The smallest absolute Gasteiger partial charge is 0.341 e. The summed E-state index contributed by atoms with van der Waals surface area (Å²) in [4.78, 5) is 25.6. The summed E-state index contributed by atoms with van der Waals surface area (Å²) in [5.41, 5.74) is 1.83. The van der Waals surface area contributed by atoms with Gasteiger partial charge in [-0.3, -0.25) is 4.79 Å². The number of nitrogens with one attached hydrogen (secondary N) is 1. The Balaban J connectivity index is 2.35. The van der Waals surface area contributed by atoms with Crippen molar-refractivity contribution in [3.05, 3.63) is 16.0 Å². The van der Waals surface area contributed by atoms with Gasteiger partial charge in [0.15, 0.2) is 0 Å². The van der Waals surface area contributed by atoms with Crippen LogP contribution < -0.4 is 5.32 Å². The maximum absolute atomic E-state index is 12.4. The molecule has 0 aliphatic heterocycles. The largest absolute Gasteiger partial charge is 0.462 e. The summed E-state index contributed by atoms with van der Waals surface area (Å²) in [5, 5.41) is 3.47. The highest BCUT2D eigenvalue weighted by Crippen LogP contribution is 2.44. The molecule has 0 spiro atoms. The van der Waals surface area contributed by atoms with Crippen molar-refractivity contribution in [1.29, 1.82) is 0 Å². The molecule has 0 bridgehead atoms. The van der Waals surface area contributed by atoms with Crippen LogP contribution in [0.4, 0.5) is 5.00 Å². The van der Waals surface area contributed by atoms with Crippen molar-refractivity contribution in [2.75, 3.05) is 17.8 Å². The zero-order chi connectivity index (χ0) is 17.9. The summed E-state index contributed by atoms with van der Waals surface area (Å²) in [6, 6.07) is 0. The van der Waals surface area contributed by atoms with E-state index in [0.717, 1.165) is 24.8 Å². The van der Waals surface area contributed by atoms with Crippen molar-refractivity contribution in [2.45, 2.75) is 53.4 Å². The van der Waals surface area contributed by atoms with Gasteiger partial charge >= 0.3 is 5.97 Å². The molecule has 1 aromatic heterocycles. The third-order valence-corrected chi connectivity index (χ3v) is 5.90. The number of hydrogen-bond donors (Lipinski definition) is 1. The summed E-state index contributed by atoms with van der Waals surface area (Å²) < 4.78 is 5.22. The van der Waals surface area contributed by atoms with E-state index in [4.69, 9.17) is 16.3 Å². The van der Waals surface area contributed by atoms with Crippen molar-refractivity contribution < 1.29 is 14.3 Å². The van der Waals surface area contributed by atoms with E-state index in [0.29, 0.717) is 23.1 Å². The van der Waals surface area contributed by atoms with Gasteiger partial charge in [0.1, 0.15) is 5.00 Å². The maximum atomic E-state index is 12.4. The molecular formula is C18H26ClNO3S. The molecule has 0 saturated carbocycles. The van der Waals surface area contributed by atoms with E-state index in [1.165, 1.54) is 16.2 Å². The van der Waals surface area contributed by atoms with Crippen LogP contribution in [0.2, 0.25) is 0 Å². The molecule has 1 heterocycles. The number of thiophene rings is 1. The molecule has 1 amide bonds. The Hall–Kier alpha value is -1.07. The lowest BCUT2D eigenvalue weighted by Crippen LogP contribution is -2.26. The van der Waals surface area contributed by atoms with E-state index in [-0.39, 0.29) is 29.6 Å². The van der Waals surface area contributed by atoms with Crippen LogP contribution >= 0.6 is 22.9 Å². The Morgan fingerprint density at radius 3 is 2.67 bits per heavy atom. The molecule has 0 unspecified atom stereocenters. The van der Waals surface area contributed by atoms with Gasteiger partial charge in [-0.2, -0.15) is 0 Å². The molecule has 2 rings (SSSR count). The van der Waals surface area contributed by atoms with Crippen molar-refractivity contribution in [1.82, 2.24) is 0 Å². The van der Waals surface area contributed by atoms with E-state index < -0.39 is 0 Å². The minimum Gasteiger partial charge on any atom is -0.462 e. The van der Waals surface area contributed by atoms with Gasteiger partial charge in [-0.1, -0.05) is 20.8 Å². The zero-order valence-electron chi connectivity index (χ0n) is 14.8. The molecule has 24 heavy (non-hydrogen) atoms. The highest BCUT2D eigenvalue weighted by molar-refractivity contribution is 7.17. The number of amides is 1. The van der Waals surface area contributed by atoms with Crippen molar-refractivity contribution in [3.8, 4) is 0 Å². The second kappa shape index (κ2) is 7.87. The first-order valence-electron chi connectivity index (χ1n) is 8.45. The third kappa shape index (κ3) is 4.31. The van der Waals surface area contributed by atoms with Gasteiger partial charge < -0.3 is 10.1 Å². The molecule has 0 aromatic carbocycles. The summed E-state index contributed by atoms with van der Waals surface area (Å²) in [6.07, 6.45) is 3.08. The Kier molecular flexibility index (Phi) is 6.32. The van der Waals surface area contributed by atoms with Crippen LogP contribution in [0.5, 0.6) is 0 Å². The summed E-state index contributed by atoms with van der Waals surface area (Å²) >= 11 is 7.15. The van der Waals surface area contributed by atoms with E-state index in [1.54, 1.807) is 6.92 Å². The minimum atomic E-state index is -0.342. The highest BCUT2D eigenvalue weighted by atomic mass is 35.5. The third-order valence-electron chi connectivity index (χ3n) is 4.54. The number of halogens is 1. The van der Waals surface area contributed by atoms with Gasteiger partial charge in [-0.05, 0) is 43.1 Å². The number of carbonyl (C=O) groups is 2. The fourth-order valence-electron chi connectivity index (χ4n) is 3.11. The van der Waals surface area contributed by atoms with Crippen LogP contribution in [-0.4, -0.2) is 24.4 Å². The number of ether oxygens (including phenoxy) is 1. The summed E-state index contributed by atoms with van der Waals surface area (Å²) in [5.74, 6) is 0.328. The van der Waals surface area contributed by atoms with Gasteiger partial charge in [0.05, 0.1) is 12.2 Å². The van der Waals surface area contributed by atoms with E-state index >= 15 is 0 Å². The van der Waals surface area contributed by atoms with E-state index in [2.05, 4.69) is 26.1 Å². The monoisotopic (exact) mass is 371 g/mol. The zero-order valence-corrected chi connectivity index (χ0v) is 16.4. The Morgan fingerprint density at radius 1 is 1.38 bits per heavy atom. The molecule has 1 aromatic rings. The molecule has 0 radical (unpaired) electrons. The van der Waals surface area contributed by atoms with Gasteiger partial charge in [-0.15, -0.1) is 22.9 Å². The molecule has 134 valence electrons. The van der Waals surface area contributed by atoms with Crippen LogP contribution in [0, 0.1) is 11.3 Å². The quantitative estimate of drug-likeness (QED) is 0.605. The normalized spacial score (nSPS) is 17.3. The molecule has 6 heteroatoms. The second-order valence-corrected chi connectivity index (χ2v) is 8.70. The Morgan fingerprint density at radius 2 is 2.08 bits per heavy atom. The van der Waals surface area contributed by atoms with Crippen LogP contribution in [0.3, 0.4) is 0 Å². The fourth-order valence-corrected chi connectivity index (χ4v) is 4.61. The van der Waals surface area contributed by atoms with Gasteiger partial charge in [-0.25, -0.2) is 4.79 Å². The predicted octanol–water partition coefficient (Wildman–Crippen LogP) is 4.64. The molecule has 0 fully saturated rings. The number of esters is 1. The van der Waals surface area contributed by atoms with Crippen molar-refractivity contribution in [3.63, 3.8) is 0 Å².